The number of anilines is 1. The molecular formula is C24H34BNO2. The van der Waals surface area contributed by atoms with Crippen LogP contribution >= 0.6 is 0 Å². The third-order valence-corrected chi connectivity index (χ3v) is 6.36. The second kappa shape index (κ2) is 8.30. The maximum atomic E-state index is 6.30. The Morgan fingerprint density at radius 3 is 1.79 bits per heavy atom. The van der Waals surface area contributed by atoms with Gasteiger partial charge >= 0.3 is 7.12 Å². The molecule has 0 aliphatic carbocycles. The quantitative estimate of drug-likeness (QED) is 0.571. The Labute approximate surface area is 171 Å². The van der Waals surface area contributed by atoms with Crippen LogP contribution in [0.2, 0.25) is 6.32 Å². The Bertz CT molecular complexity index is 738. The lowest BCUT2D eigenvalue weighted by molar-refractivity contribution is 0.00578. The van der Waals surface area contributed by atoms with Gasteiger partial charge in [-0.1, -0.05) is 42.5 Å². The fourth-order valence-electron chi connectivity index (χ4n) is 3.91. The van der Waals surface area contributed by atoms with Crippen LogP contribution in [0.1, 0.15) is 58.6 Å². The lowest BCUT2D eigenvalue weighted by Crippen LogP contribution is -2.41. The van der Waals surface area contributed by atoms with Gasteiger partial charge in [0.1, 0.15) is 0 Å². The molecule has 0 amide bonds. The minimum Gasteiger partial charge on any atom is -0.403 e. The summed E-state index contributed by atoms with van der Waals surface area (Å²) in [5.74, 6) is 0.238. The van der Waals surface area contributed by atoms with Crippen LogP contribution in [-0.2, 0) is 9.31 Å². The number of benzene rings is 2. The molecule has 3 nitrogen and oxygen atoms in total. The molecule has 28 heavy (non-hydrogen) atoms. The lowest BCUT2D eigenvalue weighted by Gasteiger charge is -2.32. The summed E-state index contributed by atoms with van der Waals surface area (Å²) < 4.78 is 12.6. The second-order valence-electron chi connectivity index (χ2n) is 8.65. The standard InChI is InChI=1S/C24H34BNO2/c1-7-26(8-2)21-16-14-20(15-17-21)22(19-12-10-9-11-13-19)18-25-27-23(3,4)24(5,6)28-25/h9-17,22H,7-8,18H2,1-6H3. The zero-order chi connectivity index (χ0) is 20.4. The van der Waals surface area contributed by atoms with E-state index in [4.69, 9.17) is 9.31 Å². The summed E-state index contributed by atoms with van der Waals surface area (Å²) >= 11 is 0. The van der Waals surface area contributed by atoms with E-state index in [1.807, 2.05) is 0 Å². The maximum absolute atomic E-state index is 6.30. The summed E-state index contributed by atoms with van der Waals surface area (Å²) in [4.78, 5) is 2.37. The Balaban J connectivity index is 1.87. The largest absolute Gasteiger partial charge is 0.458 e. The topological polar surface area (TPSA) is 21.7 Å². The number of nitrogens with zero attached hydrogens (tertiary/aromatic N) is 1. The molecule has 1 heterocycles. The first-order chi connectivity index (χ1) is 13.3. The smallest absolute Gasteiger partial charge is 0.403 e. The number of hydrogen-bond donors (Lipinski definition) is 0. The molecule has 1 atom stereocenters. The molecule has 150 valence electrons. The monoisotopic (exact) mass is 379 g/mol. The second-order valence-corrected chi connectivity index (χ2v) is 8.65. The molecule has 3 rings (SSSR count). The van der Waals surface area contributed by atoms with Gasteiger partial charge in [-0.2, -0.15) is 0 Å². The van der Waals surface area contributed by atoms with Crippen molar-refractivity contribution >= 4 is 12.8 Å². The molecule has 2 aromatic rings. The zero-order valence-electron chi connectivity index (χ0n) is 18.2. The molecule has 1 aliphatic heterocycles. The molecule has 1 fully saturated rings. The van der Waals surface area contributed by atoms with Crippen molar-refractivity contribution in [3.8, 4) is 0 Å². The van der Waals surface area contributed by atoms with E-state index >= 15 is 0 Å². The average Bonchev–Trinajstić information content (AvgIpc) is 2.88. The van der Waals surface area contributed by atoms with Gasteiger partial charge in [-0.3, -0.25) is 0 Å². The number of rotatable bonds is 7. The SMILES string of the molecule is CCN(CC)c1ccc(C(CB2OC(C)(C)C(C)(C)O2)c2ccccc2)cc1. The molecule has 1 unspecified atom stereocenters. The van der Waals surface area contributed by atoms with Gasteiger partial charge in [0.2, 0.25) is 0 Å². The van der Waals surface area contributed by atoms with E-state index in [-0.39, 0.29) is 24.2 Å². The first-order valence-electron chi connectivity index (χ1n) is 10.5. The summed E-state index contributed by atoms with van der Waals surface area (Å²) in [7, 11) is -0.210. The summed E-state index contributed by atoms with van der Waals surface area (Å²) in [5, 5.41) is 0. The van der Waals surface area contributed by atoms with Crippen LogP contribution in [0, 0.1) is 0 Å². The van der Waals surface area contributed by atoms with Crippen molar-refractivity contribution < 1.29 is 9.31 Å². The highest BCUT2D eigenvalue weighted by molar-refractivity contribution is 6.45. The van der Waals surface area contributed by atoms with Crippen molar-refractivity contribution in [1.82, 2.24) is 0 Å². The molecular weight excluding hydrogens is 345 g/mol. The van der Waals surface area contributed by atoms with Crippen LogP contribution in [0.4, 0.5) is 5.69 Å². The molecule has 0 radical (unpaired) electrons. The van der Waals surface area contributed by atoms with Crippen molar-refractivity contribution in [1.29, 1.82) is 0 Å². The lowest BCUT2D eigenvalue weighted by atomic mass is 9.72. The van der Waals surface area contributed by atoms with E-state index in [1.165, 1.54) is 16.8 Å². The summed E-state index contributed by atoms with van der Waals surface area (Å²) in [6, 6.07) is 19.7. The third-order valence-electron chi connectivity index (χ3n) is 6.36. The Hall–Kier alpha value is -1.78. The van der Waals surface area contributed by atoms with Gasteiger partial charge < -0.3 is 14.2 Å². The summed E-state index contributed by atoms with van der Waals surface area (Å²) in [6.45, 7) is 14.9. The minimum atomic E-state index is -0.300. The Morgan fingerprint density at radius 1 is 0.786 bits per heavy atom. The minimum absolute atomic E-state index is 0.210. The average molecular weight is 379 g/mol. The van der Waals surface area contributed by atoms with Crippen LogP contribution in [-0.4, -0.2) is 31.4 Å². The van der Waals surface area contributed by atoms with E-state index in [2.05, 4.69) is 101 Å². The molecule has 1 aliphatic rings. The van der Waals surface area contributed by atoms with Gasteiger partial charge in [-0.15, -0.1) is 0 Å². The van der Waals surface area contributed by atoms with Gasteiger partial charge in [0.15, 0.2) is 0 Å². The van der Waals surface area contributed by atoms with Crippen LogP contribution in [0.25, 0.3) is 0 Å². The predicted octanol–water partition coefficient (Wildman–Crippen LogP) is 5.76. The van der Waals surface area contributed by atoms with Crippen LogP contribution < -0.4 is 4.90 Å². The molecule has 4 heteroatoms. The van der Waals surface area contributed by atoms with Crippen LogP contribution in [0.3, 0.4) is 0 Å². The van der Waals surface area contributed by atoms with E-state index in [9.17, 15) is 0 Å². The summed E-state index contributed by atoms with van der Waals surface area (Å²) in [5.41, 5.74) is 3.28. The van der Waals surface area contributed by atoms with Gasteiger partial charge in [-0.25, -0.2) is 0 Å². The maximum Gasteiger partial charge on any atom is 0.458 e. The van der Waals surface area contributed by atoms with Crippen molar-refractivity contribution in [2.45, 2.75) is 65.0 Å². The van der Waals surface area contributed by atoms with Crippen molar-refractivity contribution in [3.05, 3.63) is 65.7 Å². The van der Waals surface area contributed by atoms with E-state index < -0.39 is 0 Å². The highest BCUT2D eigenvalue weighted by Gasteiger charge is 2.51. The first kappa shape index (κ1) is 20.9. The van der Waals surface area contributed by atoms with Crippen molar-refractivity contribution in [3.63, 3.8) is 0 Å². The van der Waals surface area contributed by atoms with Crippen LogP contribution in [0.5, 0.6) is 0 Å². The molecule has 0 N–H and O–H groups in total. The zero-order valence-corrected chi connectivity index (χ0v) is 18.2. The highest BCUT2D eigenvalue weighted by Crippen LogP contribution is 2.41. The highest BCUT2D eigenvalue weighted by atomic mass is 16.7. The molecule has 0 bridgehead atoms. The molecule has 0 aromatic heterocycles. The Morgan fingerprint density at radius 2 is 1.29 bits per heavy atom. The number of hydrogen-bond acceptors (Lipinski definition) is 3. The predicted molar refractivity (Wildman–Crippen MR) is 119 cm³/mol. The summed E-state index contributed by atoms with van der Waals surface area (Å²) in [6.07, 6.45) is 0.807. The normalized spacial score (nSPS) is 18.9. The van der Waals surface area contributed by atoms with E-state index in [1.54, 1.807) is 0 Å². The van der Waals surface area contributed by atoms with E-state index in [0.717, 1.165) is 19.4 Å². The first-order valence-corrected chi connectivity index (χ1v) is 10.5. The fraction of sp³-hybridized carbons (Fsp3) is 0.500. The van der Waals surface area contributed by atoms with Gasteiger partial charge in [-0.05, 0) is 71.1 Å². The fourth-order valence-corrected chi connectivity index (χ4v) is 3.91. The molecule has 0 spiro atoms. The van der Waals surface area contributed by atoms with Crippen molar-refractivity contribution in [2.75, 3.05) is 18.0 Å². The third kappa shape index (κ3) is 4.28. The van der Waals surface area contributed by atoms with Crippen LogP contribution in [0.15, 0.2) is 54.6 Å². The van der Waals surface area contributed by atoms with Gasteiger partial charge in [0, 0.05) is 24.7 Å². The molecule has 0 saturated carbocycles. The van der Waals surface area contributed by atoms with Gasteiger partial charge in [0.05, 0.1) is 11.2 Å². The van der Waals surface area contributed by atoms with Crippen molar-refractivity contribution in [2.24, 2.45) is 0 Å². The van der Waals surface area contributed by atoms with Gasteiger partial charge in [0.25, 0.3) is 0 Å². The Kier molecular flexibility index (Phi) is 6.21. The van der Waals surface area contributed by atoms with E-state index in [0.29, 0.717) is 0 Å². The molecule has 1 saturated heterocycles. The molecule has 2 aromatic carbocycles.